The third-order valence-electron chi connectivity index (χ3n) is 5.66. The third-order valence-corrected chi connectivity index (χ3v) is 6.33. The van der Waals surface area contributed by atoms with Gasteiger partial charge in [-0.1, -0.05) is 0 Å². The van der Waals surface area contributed by atoms with Gasteiger partial charge in [0.2, 0.25) is 6.41 Å². The van der Waals surface area contributed by atoms with Crippen molar-refractivity contribution in [2.75, 3.05) is 18.4 Å². The molecule has 0 bridgehead atoms. The molecule has 2 aliphatic rings. The quantitative estimate of drug-likeness (QED) is 0.691. The lowest BCUT2D eigenvalue weighted by atomic mass is 9.98. The highest BCUT2D eigenvalue weighted by Crippen LogP contribution is 2.65. The van der Waals surface area contributed by atoms with Crippen LogP contribution in [0, 0.1) is 5.41 Å². The fourth-order valence-electron chi connectivity index (χ4n) is 4.13. The molecule has 28 heavy (non-hydrogen) atoms. The van der Waals surface area contributed by atoms with Gasteiger partial charge in [0.05, 0.1) is 11.3 Å². The molecule has 2 fully saturated rings. The number of aromatic nitrogens is 2. The first-order chi connectivity index (χ1) is 13.3. The van der Waals surface area contributed by atoms with E-state index in [1.807, 2.05) is 12.1 Å². The largest absolute Gasteiger partial charge is 0.417 e. The Morgan fingerprint density at radius 3 is 2.75 bits per heavy atom. The summed E-state index contributed by atoms with van der Waals surface area (Å²) in [6.45, 7) is 1.10. The number of pyridine rings is 2. The Kier molecular flexibility index (Phi) is 4.81. The maximum Gasteiger partial charge on any atom is 0.417 e. The zero-order chi connectivity index (χ0) is 19.9. The van der Waals surface area contributed by atoms with Crippen LogP contribution in [0.1, 0.15) is 30.0 Å². The van der Waals surface area contributed by atoms with Crippen molar-refractivity contribution in [2.24, 2.45) is 5.41 Å². The molecule has 2 aromatic rings. The lowest BCUT2D eigenvalue weighted by molar-refractivity contribution is -0.137. The van der Waals surface area contributed by atoms with Crippen LogP contribution in [0.5, 0.6) is 0 Å². The first-order valence-corrected chi connectivity index (χ1v) is 9.70. The summed E-state index contributed by atoms with van der Waals surface area (Å²) >= 11 is 3.55. The highest BCUT2D eigenvalue weighted by molar-refractivity contribution is 9.10. The number of hydrogen-bond donors (Lipinski definition) is 1. The highest BCUT2D eigenvalue weighted by atomic mass is 79.9. The molecule has 148 valence electrons. The Balaban J connectivity index is 1.41. The minimum Gasteiger partial charge on any atom is -0.368 e. The van der Waals surface area contributed by atoms with Gasteiger partial charge in [-0.05, 0) is 58.5 Å². The van der Waals surface area contributed by atoms with Gasteiger partial charge in [-0.15, -0.1) is 0 Å². The van der Waals surface area contributed by atoms with Gasteiger partial charge in [-0.3, -0.25) is 9.78 Å². The lowest BCUT2D eigenvalue weighted by Crippen LogP contribution is -2.34. The standard InChI is InChI=1S/C19H18BrF3N4O/c20-15-2-1-5-24-17(15)14-7-18(14)6-13(27(10-18)11-28)9-26-16-4-3-12(8-25-16)19(21,22)23/h1-5,8,11,13-14H,6-7,9-10H2,(H,25,26)/t13-,14?,18?/m0/s1. The lowest BCUT2D eigenvalue weighted by Gasteiger charge is -2.20. The number of rotatable bonds is 5. The average molecular weight is 455 g/mol. The molecule has 9 heteroatoms. The van der Waals surface area contributed by atoms with Gasteiger partial charge in [0.1, 0.15) is 5.82 Å². The second-order valence-electron chi connectivity index (χ2n) is 7.44. The SMILES string of the molecule is O=CN1CC2(CC2c2ncccc2Br)C[C@H]1CNc1ccc(C(F)(F)F)cn1. The summed E-state index contributed by atoms with van der Waals surface area (Å²) < 4.78 is 38.9. The van der Waals surface area contributed by atoms with Crippen molar-refractivity contribution in [3.8, 4) is 0 Å². The van der Waals surface area contributed by atoms with Gasteiger partial charge in [-0.2, -0.15) is 13.2 Å². The number of hydrogen-bond acceptors (Lipinski definition) is 4. The van der Waals surface area contributed by atoms with Gasteiger partial charge in [0.15, 0.2) is 0 Å². The molecule has 5 nitrogen and oxygen atoms in total. The van der Waals surface area contributed by atoms with E-state index in [9.17, 15) is 18.0 Å². The number of carbonyl (C=O) groups excluding carboxylic acids is 1. The fraction of sp³-hybridized carbons (Fsp3) is 0.421. The number of anilines is 1. The van der Waals surface area contributed by atoms with E-state index in [2.05, 4.69) is 31.2 Å². The molecule has 3 atom stereocenters. The topological polar surface area (TPSA) is 58.1 Å². The van der Waals surface area contributed by atoms with Crippen LogP contribution in [0.25, 0.3) is 0 Å². The van der Waals surface area contributed by atoms with Crippen molar-refractivity contribution in [3.05, 3.63) is 52.4 Å². The summed E-state index contributed by atoms with van der Waals surface area (Å²) in [6, 6.07) is 6.12. The molecule has 1 N–H and O–H groups in total. The van der Waals surface area contributed by atoms with Gasteiger partial charge < -0.3 is 10.2 Å². The average Bonchev–Trinajstić information content (AvgIpc) is 3.23. The molecule has 1 spiro atoms. The smallest absolute Gasteiger partial charge is 0.368 e. The zero-order valence-corrected chi connectivity index (χ0v) is 16.4. The second kappa shape index (κ2) is 7.02. The minimum absolute atomic E-state index is 0.0255. The molecular weight excluding hydrogens is 437 g/mol. The number of carbonyl (C=O) groups is 1. The van der Waals surface area contributed by atoms with Crippen molar-refractivity contribution >= 4 is 28.2 Å². The summed E-state index contributed by atoms with van der Waals surface area (Å²) in [5, 5.41) is 3.06. The predicted molar refractivity (Wildman–Crippen MR) is 101 cm³/mol. The van der Waals surface area contributed by atoms with E-state index in [1.54, 1.807) is 11.1 Å². The van der Waals surface area contributed by atoms with Crippen LogP contribution in [0.2, 0.25) is 0 Å². The Bertz CT molecular complexity index is 876. The number of nitrogens with one attached hydrogen (secondary N) is 1. The second-order valence-corrected chi connectivity index (χ2v) is 8.29. The van der Waals surface area contributed by atoms with Crippen molar-refractivity contribution < 1.29 is 18.0 Å². The molecule has 3 heterocycles. The van der Waals surface area contributed by atoms with Gasteiger partial charge in [0, 0.05) is 41.9 Å². The van der Waals surface area contributed by atoms with E-state index in [0.717, 1.165) is 41.7 Å². The van der Waals surface area contributed by atoms with Crippen LogP contribution in [0.4, 0.5) is 19.0 Å². The van der Waals surface area contributed by atoms with Crippen molar-refractivity contribution in [3.63, 3.8) is 0 Å². The predicted octanol–water partition coefficient (Wildman–Crippen LogP) is 4.07. The van der Waals surface area contributed by atoms with Gasteiger partial charge in [-0.25, -0.2) is 4.98 Å². The van der Waals surface area contributed by atoms with Gasteiger partial charge in [0.25, 0.3) is 0 Å². The van der Waals surface area contributed by atoms with E-state index >= 15 is 0 Å². The summed E-state index contributed by atoms with van der Waals surface area (Å²) in [4.78, 5) is 21.6. The number of amides is 1. The van der Waals surface area contributed by atoms with Crippen LogP contribution in [-0.4, -0.2) is 40.4 Å². The molecule has 1 saturated heterocycles. The Morgan fingerprint density at radius 1 is 1.29 bits per heavy atom. The molecular formula is C19H18BrF3N4O. The normalized spacial score (nSPS) is 26.5. The highest BCUT2D eigenvalue weighted by Gasteiger charge is 2.61. The molecule has 4 rings (SSSR count). The van der Waals surface area contributed by atoms with Crippen LogP contribution >= 0.6 is 15.9 Å². The van der Waals surface area contributed by atoms with Crippen LogP contribution in [-0.2, 0) is 11.0 Å². The number of nitrogens with zero attached hydrogens (tertiary/aromatic N) is 3. The molecule has 2 unspecified atom stereocenters. The first-order valence-electron chi connectivity index (χ1n) is 8.91. The van der Waals surface area contributed by atoms with Gasteiger partial charge >= 0.3 is 6.18 Å². The molecule has 1 saturated carbocycles. The van der Waals surface area contributed by atoms with Crippen LogP contribution < -0.4 is 5.32 Å². The van der Waals surface area contributed by atoms with E-state index < -0.39 is 11.7 Å². The van der Waals surface area contributed by atoms with Crippen LogP contribution in [0.15, 0.2) is 41.1 Å². The van der Waals surface area contributed by atoms with E-state index in [-0.39, 0.29) is 11.5 Å². The molecule has 1 aliphatic heterocycles. The van der Waals surface area contributed by atoms with Crippen LogP contribution in [0.3, 0.4) is 0 Å². The Hall–Kier alpha value is -2.16. The maximum atomic E-state index is 12.6. The van der Waals surface area contributed by atoms with E-state index in [4.69, 9.17) is 0 Å². The summed E-state index contributed by atoms with van der Waals surface area (Å²) in [6.07, 6.45) is 0.830. The molecule has 2 aromatic heterocycles. The minimum atomic E-state index is -4.40. The summed E-state index contributed by atoms with van der Waals surface area (Å²) in [5.74, 6) is 0.666. The molecule has 0 radical (unpaired) electrons. The number of halogens is 4. The number of alkyl halides is 3. The summed E-state index contributed by atoms with van der Waals surface area (Å²) in [7, 11) is 0. The zero-order valence-electron chi connectivity index (χ0n) is 14.8. The van der Waals surface area contributed by atoms with Crippen molar-refractivity contribution in [1.82, 2.24) is 14.9 Å². The maximum absolute atomic E-state index is 12.6. The van der Waals surface area contributed by atoms with E-state index in [0.29, 0.717) is 24.8 Å². The first kappa shape index (κ1) is 19.2. The van der Waals surface area contributed by atoms with Crippen molar-refractivity contribution in [1.29, 1.82) is 0 Å². The Morgan fingerprint density at radius 2 is 2.11 bits per heavy atom. The van der Waals surface area contributed by atoms with Crippen molar-refractivity contribution in [2.45, 2.75) is 31.0 Å². The third kappa shape index (κ3) is 3.59. The molecule has 1 aliphatic carbocycles. The monoisotopic (exact) mass is 454 g/mol. The molecule has 0 aromatic carbocycles. The number of likely N-dealkylation sites (tertiary alicyclic amines) is 1. The van der Waals surface area contributed by atoms with E-state index in [1.165, 1.54) is 6.07 Å². The fourth-order valence-corrected chi connectivity index (χ4v) is 4.67. The Labute approximate surface area is 168 Å². The molecule has 1 amide bonds. The summed E-state index contributed by atoms with van der Waals surface area (Å²) in [5.41, 5.74) is 0.262.